The minimum atomic E-state index is -0.579. The van der Waals surface area contributed by atoms with Gasteiger partial charge in [0, 0.05) is 6.04 Å². The van der Waals surface area contributed by atoms with Gasteiger partial charge in [-0.15, -0.1) is 0 Å². The lowest BCUT2D eigenvalue weighted by Crippen LogP contribution is -2.32. The Balaban J connectivity index is 2.05. The highest BCUT2D eigenvalue weighted by molar-refractivity contribution is 5.33. The number of aromatic hydroxyl groups is 1. The minimum absolute atomic E-state index is 0.133. The zero-order valence-electron chi connectivity index (χ0n) is 9.59. The molecule has 5 heteroatoms. The van der Waals surface area contributed by atoms with Crippen LogP contribution in [0, 0.1) is 0 Å². The maximum Gasteiger partial charge on any atom is 0.331 e. The van der Waals surface area contributed by atoms with Crippen molar-refractivity contribution in [3.8, 4) is 5.88 Å². The number of rotatable bonds is 1. The Hall–Kier alpha value is -2.30. The number of nitrogens with one attached hydrogen (secondary N) is 1. The fourth-order valence-electron chi connectivity index (χ4n) is 2.56. The Morgan fingerprint density at radius 2 is 1.78 bits per heavy atom. The van der Waals surface area contributed by atoms with E-state index in [1.54, 1.807) is 0 Å². The van der Waals surface area contributed by atoms with Gasteiger partial charge in [0.05, 0.1) is 6.07 Å². The summed E-state index contributed by atoms with van der Waals surface area (Å²) in [5.74, 6) is -0.276. The van der Waals surface area contributed by atoms with Crippen LogP contribution in [0.5, 0.6) is 5.88 Å². The van der Waals surface area contributed by atoms with Crippen LogP contribution in [0.3, 0.4) is 0 Å². The minimum Gasteiger partial charge on any atom is -0.494 e. The molecule has 18 heavy (non-hydrogen) atoms. The molecule has 5 nitrogen and oxygen atoms in total. The van der Waals surface area contributed by atoms with Crippen molar-refractivity contribution in [1.29, 1.82) is 0 Å². The first-order chi connectivity index (χ1) is 8.65. The highest BCUT2D eigenvalue weighted by atomic mass is 16.3. The quantitative estimate of drug-likeness (QED) is 0.770. The maximum absolute atomic E-state index is 11.7. The molecule has 1 aliphatic rings. The lowest BCUT2D eigenvalue weighted by molar-refractivity contribution is 0.366. The molecule has 1 aliphatic carbocycles. The van der Waals surface area contributed by atoms with Gasteiger partial charge in [-0.05, 0) is 24.0 Å². The monoisotopic (exact) mass is 244 g/mol. The van der Waals surface area contributed by atoms with Gasteiger partial charge < -0.3 is 5.11 Å². The van der Waals surface area contributed by atoms with Gasteiger partial charge in [0.15, 0.2) is 0 Å². The van der Waals surface area contributed by atoms with Gasteiger partial charge in [-0.3, -0.25) is 14.3 Å². The van der Waals surface area contributed by atoms with Gasteiger partial charge >= 0.3 is 5.69 Å². The summed E-state index contributed by atoms with van der Waals surface area (Å²) in [6, 6.07) is 8.84. The molecule has 0 aliphatic heterocycles. The molecule has 0 fully saturated rings. The second-order valence-corrected chi connectivity index (χ2v) is 4.50. The van der Waals surface area contributed by atoms with Crippen LogP contribution in [0.25, 0.3) is 0 Å². The Kier molecular flexibility index (Phi) is 2.33. The molecular weight excluding hydrogens is 232 g/mol. The van der Waals surface area contributed by atoms with Crippen molar-refractivity contribution in [1.82, 2.24) is 9.55 Å². The predicted molar refractivity (Wildman–Crippen MR) is 65.9 cm³/mol. The lowest BCUT2D eigenvalue weighted by Gasteiger charge is -2.14. The van der Waals surface area contributed by atoms with Crippen LogP contribution in [0.1, 0.15) is 17.2 Å². The van der Waals surface area contributed by atoms with Crippen molar-refractivity contribution >= 4 is 0 Å². The molecular formula is C13H12N2O3. The van der Waals surface area contributed by atoms with E-state index in [1.807, 2.05) is 24.3 Å². The Labute approximate surface area is 102 Å². The number of aromatic nitrogens is 2. The summed E-state index contributed by atoms with van der Waals surface area (Å²) in [5, 5.41) is 9.75. The molecule has 0 amide bonds. The summed E-state index contributed by atoms with van der Waals surface area (Å²) in [5.41, 5.74) is 1.22. The van der Waals surface area contributed by atoms with E-state index in [4.69, 9.17) is 0 Å². The third-order valence-corrected chi connectivity index (χ3v) is 3.35. The Morgan fingerprint density at radius 1 is 1.17 bits per heavy atom. The number of aromatic amines is 1. The molecule has 0 bridgehead atoms. The molecule has 2 N–H and O–H groups in total. The lowest BCUT2D eigenvalue weighted by atomic mass is 10.1. The van der Waals surface area contributed by atoms with E-state index < -0.39 is 11.2 Å². The molecule has 0 saturated heterocycles. The van der Waals surface area contributed by atoms with Crippen molar-refractivity contribution < 1.29 is 5.11 Å². The first-order valence-corrected chi connectivity index (χ1v) is 5.77. The van der Waals surface area contributed by atoms with Gasteiger partial charge in [-0.2, -0.15) is 0 Å². The van der Waals surface area contributed by atoms with Crippen LogP contribution < -0.4 is 11.2 Å². The number of H-pyrrole nitrogens is 1. The predicted octanol–water partition coefficient (Wildman–Crippen LogP) is 0.582. The van der Waals surface area contributed by atoms with Crippen molar-refractivity contribution in [3.63, 3.8) is 0 Å². The summed E-state index contributed by atoms with van der Waals surface area (Å²) in [6.07, 6.45) is 1.38. The SMILES string of the molecule is O=c1cc(O)n(C2Cc3ccccc3C2)c(=O)[nH]1. The third-order valence-electron chi connectivity index (χ3n) is 3.35. The van der Waals surface area contributed by atoms with E-state index in [-0.39, 0.29) is 11.9 Å². The number of hydrogen-bond acceptors (Lipinski definition) is 3. The van der Waals surface area contributed by atoms with Crippen molar-refractivity contribution in [2.45, 2.75) is 18.9 Å². The first kappa shape index (κ1) is 10.8. The van der Waals surface area contributed by atoms with Crippen LogP contribution in [0.4, 0.5) is 0 Å². The van der Waals surface area contributed by atoms with Gasteiger partial charge in [0.25, 0.3) is 5.56 Å². The van der Waals surface area contributed by atoms with Crippen molar-refractivity contribution in [2.24, 2.45) is 0 Å². The summed E-state index contributed by atoms with van der Waals surface area (Å²) >= 11 is 0. The van der Waals surface area contributed by atoms with Gasteiger partial charge in [-0.25, -0.2) is 4.79 Å². The first-order valence-electron chi connectivity index (χ1n) is 5.77. The zero-order chi connectivity index (χ0) is 12.7. The Morgan fingerprint density at radius 3 is 2.33 bits per heavy atom. The summed E-state index contributed by atoms with van der Waals surface area (Å²) < 4.78 is 1.25. The van der Waals surface area contributed by atoms with E-state index in [0.717, 1.165) is 6.07 Å². The van der Waals surface area contributed by atoms with Gasteiger partial charge in [0.1, 0.15) is 0 Å². The molecule has 0 saturated carbocycles. The molecule has 92 valence electrons. The highest BCUT2D eigenvalue weighted by Crippen LogP contribution is 2.30. The van der Waals surface area contributed by atoms with E-state index in [0.29, 0.717) is 12.8 Å². The standard InChI is InChI=1S/C13H12N2O3/c16-11-7-12(17)15(13(18)14-11)10-5-8-3-1-2-4-9(8)6-10/h1-4,7,10,17H,5-6H2,(H,14,16,18). The van der Waals surface area contributed by atoms with E-state index in [9.17, 15) is 14.7 Å². The van der Waals surface area contributed by atoms with Crippen molar-refractivity contribution in [2.75, 3.05) is 0 Å². The van der Waals surface area contributed by atoms with Crippen LogP contribution in [-0.2, 0) is 12.8 Å². The maximum atomic E-state index is 11.7. The summed E-state index contributed by atoms with van der Waals surface area (Å²) in [6.45, 7) is 0. The molecule has 1 aromatic heterocycles. The molecule has 3 rings (SSSR count). The van der Waals surface area contributed by atoms with Crippen LogP contribution in [-0.4, -0.2) is 14.7 Å². The highest BCUT2D eigenvalue weighted by Gasteiger charge is 2.25. The fraction of sp³-hybridized carbons (Fsp3) is 0.231. The molecule has 0 unspecified atom stereocenters. The largest absolute Gasteiger partial charge is 0.494 e. The van der Waals surface area contributed by atoms with E-state index in [2.05, 4.69) is 4.98 Å². The van der Waals surface area contributed by atoms with Crippen LogP contribution in [0.15, 0.2) is 39.9 Å². The molecule has 0 spiro atoms. The molecule has 0 atom stereocenters. The smallest absolute Gasteiger partial charge is 0.331 e. The summed E-state index contributed by atoms with van der Waals surface area (Å²) in [4.78, 5) is 25.0. The number of hydrogen-bond donors (Lipinski definition) is 2. The third kappa shape index (κ3) is 1.64. The van der Waals surface area contributed by atoms with Crippen LogP contribution in [0.2, 0.25) is 0 Å². The molecule has 1 heterocycles. The second-order valence-electron chi connectivity index (χ2n) is 4.50. The molecule has 2 aromatic rings. The Bertz CT molecular complexity index is 690. The van der Waals surface area contributed by atoms with E-state index >= 15 is 0 Å². The fourth-order valence-corrected chi connectivity index (χ4v) is 2.56. The summed E-state index contributed by atoms with van der Waals surface area (Å²) in [7, 11) is 0. The van der Waals surface area contributed by atoms with Gasteiger partial charge in [0.2, 0.25) is 5.88 Å². The average Bonchev–Trinajstić information content (AvgIpc) is 2.70. The number of benzene rings is 1. The zero-order valence-corrected chi connectivity index (χ0v) is 9.59. The van der Waals surface area contributed by atoms with Crippen molar-refractivity contribution in [3.05, 3.63) is 62.3 Å². The molecule has 1 aromatic carbocycles. The topological polar surface area (TPSA) is 75.1 Å². The van der Waals surface area contributed by atoms with Gasteiger partial charge in [-0.1, -0.05) is 24.3 Å². The normalized spacial score (nSPS) is 14.7. The molecule has 0 radical (unpaired) electrons. The number of nitrogens with zero attached hydrogens (tertiary/aromatic N) is 1. The van der Waals surface area contributed by atoms with Crippen LogP contribution >= 0.6 is 0 Å². The average molecular weight is 244 g/mol. The van der Waals surface area contributed by atoms with E-state index in [1.165, 1.54) is 15.7 Å². The number of fused-ring (bicyclic) bond motifs is 1. The second kappa shape index (κ2) is 3.87.